The minimum Gasteiger partial charge on any atom is -0.496 e. The summed E-state index contributed by atoms with van der Waals surface area (Å²) in [5.41, 5.74) is 1.12. The fourth-order valence-corrected chi connectivity index (χ4v) is 3.30. The van der Waals surface area contributed by atoms with Crippen molar-refractivity contribution < 1.29 is 14.2 Å². The Morgan fingerprint density at radius 2 is 2.10 bits per heavy atom. The third-order valence-corrected chi connectivity index (χ3v) is 4.47. The maximum atomic E-state index is 5.78. The number of halogens is 1. The number of ether oxygens (including phenoxy) is 3. The van der Waals surface area contributed by atoms with Gasteiger partial charge in [0.05, 0.1) is 24.8 Å². The third kappa shape index (κ3) is 4.11. The summed E-state index contributed by atoms with van der Waals surface area (Å²) in [6.45, 7) is 3.90. The van der Waals surface area contributed by atoms with E-state index in [0.717, 1.165) is 53.9 Å². The van der Waals surface area contributed by atoms with Gasteiger partial charge in [0.1, 0.15) is 11.5 Å². The summed E-state index contributed by atoms with van der Waals surface area (Å²) in [4.78, 5) is 0. The second-order valence-corrected chi connectivity index (χ2v) is 6.06. The van der Waals surface area contributed by atoms with E-state index in [-0.39, 0.29) is 6.04 Å². The van der Waals surface area contributed by atoms with Gasteiger partial charge in [0.2, 0.25) is 0 Å². The average Bonchev–Trinajstić information content (AvgIpc) is 2.99. The Kier molecular flexibility index (Phi) is 6.33. The second-order valence-electron chi connectivity index (χ2n) is 5.21. The van der Waals surface area contributed by atoms with Crippen molar-refractivity contribution in [1.82, 2.24) is 5.32 Å². The van der Waals surface area contributed by atoms with Crippen LogP contribution < -0.4 is 14.8 Å². The van der Waals surface area contributed by atoms with Gasteiger partial charge in [-0.15, -0.1) is 0 Å². The molecule has 1 aromatic carbocycles. The monoisotopic (exact) mass is 357 g/mol. The first-order valence-electron chi connectivity index (χ1n) is 7.46. The van der Waals surface area contributed by atoms with Crippen molar-refractivity contribution in [1.29, 1.82) is 0 Å². The Bertz CT molecular complexity index is 461. The van der Waals surface area contributed by atoms with Crippen molar-refractivity contribution >= 4 is 15.9 Å². The molecule has 2 atom stereocenters. The molecule has 1 saturated heterocycles. The topological polar surface area (TPSA) is 39.7 Å². The van der Waals surface area contributed by atoms with Crippen molar-refractivity contribution in [2.75, 3.05) is 27.4 Å². The minimum atomic E-state index is 0.204. The summed E-state index contributed by atoms with van der Waals surface area (Å²) in [6.07, 6.45) is 3.57. The third-order valence-electron chi connectivity index (χ3n) is 3.85. The Labute approximate surface area is 135 Å². The smallest absolute Gasteiger partial charge is 0.133 e. The highest BCUT2D eigenvalue weighted by atomic mass is 79.9. The van der Waals surface area contributed by atoms with E-state index in [1.54, 1.807) is 14.2 Å². The predicted molar refractivity (Wildman–Crippen MR) is 87.3 cm³/mol. The fourth-order valence-electron chi connectivity index (χ4n) is 2.82. The molecule has 4 nitrogen and oxygen atoms in total. The van der Waals surface area contributed by atoms with Crippen LogP contribution in [0.2, 0.25) is 0 Å². The molecule has 2 unspecified atom stereocenters. The maximum Gasteiger partial charge on any atom is 0.133 e. The lowest BCUT2D eigenvalue weighted by molar-refractivity contribution is 0.0944. The molecule has 1 aliphatic heterocycles. The molecule has 1 N–H and O–H groups in total. The van der Waals surface area contributed by atoms with E-state index in [2.05, 4.69) is 28.2 Å². The molecule has 118 valence electrons. The lowest BCUT2D eigenvalue weighted by atomic mass is 9.98. The molecule has 0 amide bonds. The van der Waals surface area contributed by atoms with Crippen LogP contribution in [0.4, 0.5) is 0 Å². The first-order chi connectivity index (χ1) is 10.2. The van der Waals surface area contributed by atoms with Crippen molar-refractivity contribution in [2.45, 2.75) is 38.3 Å². The Morgan fingerprint density at radius 3 is 2.67 bits per heavy atom. The predicted octanol–water partition coefficient (Wildman–Crippen LogP) is 3.69. The van der Waals surface area contributed by atoms with Gasteiger partial charge in [-0.1, -0.05) is 6.92 Å². The number of hydrogen-bond donors (Lipinski definition) is 1. The van der Waals surface area contributed by atoms with Crippen molar-refractivity contribution in [3.05, 3.63) is 22.2 Å². The van der Waals surface area contributed by atoms with Crippen molar-refractivity contribution in [3.8, 4) is 11.5 Å². The SMILES string of the molecule is CCNC(CC1CCCO1)c1cc(OC)c(Br)cc1OC. The quantitative estimate of drug-likeness (QED) is 0.807. The number of hydrogen-bond acceptors (Lipinski definition) is 4. The van der Waals surface area contributed by atoms with E-state index < -0.39 is 0 Å². The number of benzene rings is 1. The summed E-state index contributed by atoms with van der Waals surface area (Å²) >= 11 is 3.51. The molecule has 0 radical (unpaired) electrons. The zero-order chi connectivity index (χ0) is 15.2. The van der Waals surface area contributed by atoms with E-state index in [4.69, 9.17) is 14.2 Å². The van der Waals surface area contributed by atoms with Crippen molar-refractivity contribution in [2.24, 2.45) is 0 Å². The van der Waals surface area contributed by atoms with E-state index in [0.29, 0.717) is 6.10 Å². The molecule has 5 heteroatoms. The molecule has 0 spiro atoms. The van der Waals surface area contributed by atoms with Gasteiger partial charge < -0.3 is 19.5 Å². The van der Waals surface area contributed by atoms with Gasteiger partial charge in [0.15, 0.2) is 0 Å². The van der Waals surface area contributed by atoms with Gasteiger partial charge in [0, 0.05) is 18.2 Å². The van der Waals surface area contributed by atoms with Crippen LogP contribution >= 0.6 is 15.9 Å². The first kappa shape index (κ1) is 16.6. The fraction of sp³-hybridized carbons (Fsp3) is 0.625. The number of nitrogens with one attached hydrogen (secondary N) is 1. The lowest BCUT2D eigenvalue weighted by Crippen LogP contribution is -2.25. The number of rotatable bonds is 7. The Balaban J connectivity index is 2.28. The molecule has 1 fully saturated rings. The maximum absolute atomic E-state index is 5.78. The Hall–Kier alpha value is -0.780. The van der Waals surface area contributed by atoms with E-state index in [1.807, 2.05) is 12.1 Å². The summed E-state index contributed by atoms with van der Waals surface area (Å²) in [5.74, 6) is 1.69. The van der Waals surface area contributed by atoms with Crippen LogP contribution in [0.15, 0.2) is 16.6 Å². The minimum absolute atomic E-state index is 0.204. The van der Waals surface area contributed by atoms with Crippen LogP contribution in [-0.2, 0) is 4.74 Å². The lowest BCUT2D eigenvalue weighted by Gasteiger charge is -2.24. The molecule has 1 heterocycles. The van der Waals surface area contributed by atoms with Gasteiger partial charge in [-0.05, 0) is 53.9 Å². The average molecular weight is 358 g/mol. The second kappa shape index (κ2) is 8.01. The molecule has 21 heavy (non-hydrogen) atoms. The molecule has 2 rings (SSSR count). The normalized spacial score (nSPS) is 19.5. The van der Waals surface area contributed by atoms with Gasteiger partial charge in [0.25, 0.3) is 0 Å². The summed E-state index contributed by atoms with van der Waals surface area (Å²) in [6, 6.07) is 4.22. The molecule has 0 bridgehead atoms. The zero-order valence-corrected chi connectivity index (χ0v) is 14.5. The standard InChI is InChI=1S/C16H24BrNO3/c1-4-18-14(8-11-6-5-7-21-11)12-9-16(20-3)13(17)10-15(12)19-2/h9-11,14,18H,4-8H2,1-3H3. The van der Waals surface area contributed by atoms with Crippen molar-refractivity contribution in [3.63, 3.8) is 0 Å². The van der Waals surface area contributed by atoms with Crippen LogP contribution in [-0.4, -0.2) is 33.5 Å². The molecule has 1 aliphatic rings. The van der Waals surface area contributed by atoms with E-state index in [9.17, 15) is 0 Å². The van der Waals surface area contributed by atoms with Crippen LogP contribution in [0.25, 0.3) is 0 Å². The largest absolute Gasteiger partial charge is 0.496 e. The summed E-state index contributed by atoms with van der Waals surface area (Å²) < 4.78 is 17.7. The van der Waals surface area contributed by atoms with Gasteiger partial charge in [-0.3, -0.25) is 0 Å². The van der Waals surface area contributed by atoms with E-state index in [1.165, 1.54) is 0 Å². The zero-order valence-electron chi connectivity index (χ0n) is 12.9. The highest BCUT2D eigenvalue weighted by molar-refractivity contribution is 9.10. The van der Waals surface area contributed by atoms with Crippen LogP contribution in [0.5, 0.6) is 11.5 Å². The van der Waals surface area contributed by atoms with Gasteiger partial charge in [-0.2, -0.15) is 0 Å². The molecular formula is C16H24BrNO3. The summed E-state index contributed by atoms with van der Waals surface area (Å²) in [7, 11) is 3.38. The molecular weight excluding hydrogens is 334 g/mol. The van der Waals surface area contributed by atoms with E-state index >= 15 is 0 Å². The molecule has 0 saturated carbocycles. The highest BCUT2D eigenvalue weighted by Crippen LogP contribution is 2.38. The van der Waals surface area contributed by atoms with Gasteiger partial charge >= 0.3 is 0 Å². The Morgan fingerprint density at radius 1 is 1.33 bits per heavy atom. The molecule has 0 aromatic heterocycles. The number of methoxy groups -OCH3 is 2. The van der Waals surface area contributed by atoms with Crippen LogP contribution in [0.3, 0.4) is 0 Å². The first-order valence-corrected chi connectivity index (χ1v) is 8.25. The van der Waals surface area contributed by atoms with Crippen LogP contribution in [0, 0.1) is 0 Å². The summed E-state index contributed by atoms with van der Waals surface area (Å²) in [5, 5.41) is 3.54. The van der Waals surface area contributed by atoms with Crippen LogP contribution in [0.1, 0.15) is 37.8 Å². The van der Waals surface area contributed by atoms with Gasteiger partial charge in [-0.25, -0.2) is 0 Å². The molecule has 1 aromatic rings. The highest BCUT2D eigenvalue weighted by Gasteiger charge is 2.24. The molecule has 0 aliphatic carbocycles.